The number of carboxylic acid groups (broad SMARTS) is 1. The first-order valence-electron chi connectivity index (χ1n) is 5.36. The number of carbonyl (C=O) groups is 3. The molecule has 0 saturated heterocycles. The van der Waals surface area contributed by atoms with Gasteiger partial charge in [-0.2, -0.15) is 0 Å². The van der Waals surface area contributed by atoms with Crippen molar-refractivity contribution >= 4 is 17.8 Å². The fraction of sp³-hybridized carbons (Fsp3) is 0.273. The molecule has 1 rings (SSSR count). The van der Waals surface area contributed by atoms with Crippen LogP contribution in [0.25, 0.3) is 0 Å². The Morgan fingerprint density at radius 2 is 2.11 bits per heavy atom. The highest BCUT2D eigenvalue weighted by Crippen LogP contribution is 2.14. The second-order valence-electron chi connectivity index (χ2n) is 3.76. The maximum atomic E-state index is 11.7. The molecule has 1 aromatic rings. The van der Waals surface area contributed by atoms with Gasteiger partial charge in [-0.25, -0.2) is 4.79 Å². The van der Waals surface area contributed by atoms with Crippen molar-refractivity contribution in [1.82, 2.24) is 10.3 Å². The van der Waals surface area contributed by atoms with Crippen LogP contribution in [0.4, 0.5) is 0 Å². The largest absolute Gasteiger partial charge is 0.505 e. The predicted octanol–water partition coefficient (Wildman–Crippen LogP) is -0.764. The second kappa shape index (κ2) is 6.34. The van der Waals surface area contributed by atoms with Crippen molar-refractivity contribution < 1.29 is 24.6 Å². The molecule has 0 unspecified atom stereocenters. The Labute approximate surface area is 108 Å². The standard InChI is InChI=1S/C11H13N3O5/c12-9(16)2-1-7(11(18)19)14-10(17)6-3-4-13-5-8(6)15/h3-5,7,15H,1-2H2,(H2,12,16)(H,14,17)(H,18,19)/t7-/m1/s1. The van der Waals surface area contributed by atoms with E-state index in [-0.39, 0.29) is 24.2 Å². The zero-order valence-electron chi connectivity index (χ0n) is 9.87. The van der Waals surface area contributed by atoms with Crippen molar-refractivity contribution in [1.29, 1.82) is 0 Å². The lowest BCUT2D eigenvalue weighted by Crippen LogP contribution is -2.41. The molecular formula is C11H13N3O5. The van der Waals surface area contributed by atoms with Crippen molar-refractivity contribution in [2.75, 3.05) is 0 Å². The van der Waals surface area contributed by atoms with E-state index in [4.69, 9.17) is 10.8 Å². The SMILES string of the molecule is NC(=O)CC[C@@H](NC(=O)c1ccncc1O)C(=O)O. The Morgan fingerprint density at radius 1 is 1.42 bits per heavy atom. The smallest absolute Gasteiger partial charge is 0.326 e. The number of rotatable bonds is 6. The molecule has 1 atom stereocenters. The highest BCUT2D eigenvalue weighted by atomic mass is 16.4. The van der Waals surface area contributed by atoms with Crippen LogP contribution in [0.3, 0.4) is 0 Å². The van der Waals surface area contributed by atoms with E-state index in [1.807, 2.05) is 0 Å². The average molecular weight is 267 g/mol. The number of hydrogen-bond acceptors (Lipinski definition) is 5. The summed E-state index contributed by atoms with van der Waals surface area (Å²) in [5, 5.41) is 20.5. The Hall–Kier alpha value is -2.64. The number of aromatic nitrogens is 1. The third kappa shape index (κ3) is 4.26. The molecule has 8 nitrogen and oxygen atoms in total. The monoisotopic (exact) mass is 267 g/mol. The second-order valence-corrected chi connectivity index (χ2v) is 3.76. The van der Waals surface area contributed by atoms with E-state index in [2.05, 4.69) is 10.3 Å². The fourth-order valence-corrected chi connectivity index (χ4v) is 1.36. The molecule has 2 amide bonds. The number of aromatic hydroxyl groups is 1. The van der Waals surface area contributed by atoms with Gasteiger partial charge in [-0.1, -0.05) is 0 Å². The molecule has 1 heterocycles. The number of aliphatic carboxylic acids is 1. The summed E-state index contributed by atoms with van der Waals surface area (Å²) in [6.07, 6.45) is 2.06. The minimum Gasteiger partial charge on any atom is -0.505 e. The van der Waals surface area contributed by atoms with Crippen molar-refractivity contribution in [3.05, 3.63) is 24.0 Å². The molecule has 0 aromatic carbocycles. The zero-order chi connectivity index (χ0) is 14.4. The van der Waals surface area contributed by atoms with Crippen LogP contribution in [-0.2, 0) is 9.59 Å². The minimum absolute atomic E-state index is 0.0969. The van der Waals surface area contributed by atoms with E-state index >= 15 is 0 Å². The van der Waals surface area contributed by atoms with Gasteiger partial charge in [0.1, 0.15) is 11.8 Å². The van der Waals surface area contributed by atoms with E-state index in [9.17, 15) is 19.5 Å². The van der Waals surface area contributed by atoms with Gasteiger partial charge in [0.2, 0.25) is 5.91 Å². The summed E-state index contributed by atoms with van der Waals surface area (Å²) in [6.45, 7) is 0. The molecule has 0 bridgehead atoms. The van der Waals surface area contributed by atoms with E-state index in [0.29, 0.717) is 0 Å². The van der Waals surface area contributed by atoms with Gasteiger partial charge >= 0.3 is 5.97 Å². The van der Waals surface area contributed by atoms with Crippen LogP contribution in [0.1, 0.15) is 23.2 Å². The van der Waals surface area contributed by atoms with Gasteiger partial charge < -0.3 is 21.3 Å². The number of amides is 2. The van der Waals surface area contributed by atoms with E-state index in [0.717, 1.165) is 6.20 Å². The summed E-state index contributed by atoms with van der Waals surface area (Å²) < 4.78 is 0. The van der Waals surface area contributed by atoms with Crippen LogP contribution in [0.15, 0.2) is 18.5 Å². The number of nitrogens with two attached hydrogens (primary N) is 1. The van der Waals surface area contributed by atoms with Gasteiger partial charge in [-0.3, -0.25) is 14.6 Å². The molecule has 0 saturated carbocycles. The molecule has 0 aliphatic rings. The molecule has 0 fully saturated rings. The van der Waals surface area contributed by atoms with Crippen molar-refractivity contribution in [3.63, 3.8) is 0 Å². The number of carbonyl (C=O) groups excluding carboxylic acids is 2. The van der Waals surface area contributed by atoms with Crippen molar-refractivity contribution in [2.45, 2.75) is 18.9 Å². The van der Waals surface area contributed by atoms with Crippen LogP contribution in [0, 0.1) is 0 Å². The average Bonchev–Trinajstić information content (AvgIpc) is 2.34. The summed E-state index contributed by atoms with van der Waals surface area (Å²) in [5.41, 5.74) is 4.82. The summed E-state index contributed by atoms with van der Waals surface area (Å²) in [5.74, 6) is -3.08. The molecule has 102 valence electrons. The van der Waals surface area contributed by atoms with Crippen molar-refractivity contribution in [2.24, 2.45) is 5.73 Å². The summed E-state index contributed by atoms with van der Waals surface area (Å²) >= 11 is 0. The Balaban J connectivity index is 2.74. The van der Waals surface area contributed by atoms with Gasteiger partial charge in [-0.15, -0.1) is 0 Å². The normalized spacial score (nSPS) is 11.6. The van der Waals surface area contributed by atoms with Gasteiger partial charge in [0, 0.05) is 12.6 Å². The highest BCUT2D eigenvalue weighted by molar-refractivity contribution is 5.98. The third-order valence-corrected chi connectivity index (χ3v) is 2.33. The number of nitrogens with one attached hydrogen (secondary N) is 1. The van der Waals surface area contributed by atoms with E-state index < -0.39 is 23.8 Å². The maximum Gasteiger partial charge on any atom is 0.326 e. The Kier molecular flexibility index (Phi) is 4.81. The first-order valence-corrected chi connectivity index (χ1v) is 5.36. The van der Waals surface area contributed by atoms with Gasteiger partial charge in [-0.05, 0) is 12.5 Å². The fourth-order valence-electron chi connectivity index (χ4n) is 1.36. The van der Waals surface area contributed by atoms with Crippen LogP contribution in [0.5, 0.6) is 5.75 Å². The van der Waals surface area contributed by atoms with E-state index in [1.165, 1.54) is 12.3 Å². The molecule has 0 spiro atoms. The summed E-state index contributed by atoms with van der Waals surface area (Å²) in [4.78, 5) is 36.9. The van der Waals surface area contributed by atoms with Crippen LogP contribution < -0.4 is 11.1 Å². The molecule has 5 N–H and O–H groups in total. The Bertz CT molecular complexity index is 503. The quantitative estimate of drug-likeness (QED) is 0.533. The highest BCUT2D eigenvalue weighted by Gasteiger charge is 2.22. The van der Waals surface area contributed by atoms with Gasteiger partial charge in [0.25, 0.3) is 5.91 Å². The molecular weight excluding hydrogens is 254 g/mol. The number of primary amides is 1. The Morgan fingerprint density at radius 3 is 2.63 bits per heavy atom. The van der Waals surface area contributed by atoms with Crippen LogP contribution in [-0.4, -0.2) is 39.0 Å². The number of hydrogen-bond donors (Lipinski definition) is 4. The topological polar surface area (TPSA) is 143 Å². The van der Waals surface area contributed by atoms with Gasteiger partial charge in [0.05, 0.1) is 11.8 Å². The molecule has 19 heavy (non-hydrogen) atoms. The first kappa shape index (κ1) is 14.4. The van der Waals surface area contributed by atoms with Crippen LogP contribution in [0.2, 0.25) is 0 Å². The van der Waals surface area contributed by atoms with E-state index in [1.54, 1.807) is 0 Å². The van der Waals surface area contributed by atoms with Crippen molar-refractivity contribution in [3.8, 4) is 5.75 Å². The number of nitrogens with zero attached hydrogens (tertiary/aromatic N) is 1. The molecule has 0 radical (unpaired) electrons. The first-order chi connectivity index (χ1) is 8.91. The predicted molar refractivity (Wildman–Crippen MR) is 63.2 cm³/mol. The summed E-state index contributed by atoms with van der Waals surface area (Å²) in [7, 11) is 0. The lowest BCUT2D eigenvalue weighted by atomic mass is 10.1. The lowest BCUT2D eigenvalue weighted by Gasteiger charge is -2.14. The lowest BCUT2D eigenvalue weighted by molar-refractivity contribution is -0.139. The van der Waals surface area contributed by atoms with Crippen LogP contribution >= 0.6 is 0 Å². The molecule has 0 aliphatic heterocycles. The maximum absolute atomic E-state index is 11.7. The summed E-state index contributed by atoms with van der Waals surface area (Å²) in [6, 6.07) is -0.00920. The third-order valence-electron chi connectivity index (χ3n) is 2.33. The molecule has 1 aromatic heterocycles. The number of carboxylic acids is 1. The molecule has 8 heteroatoms. The number of pyridine rings is 1. The zero-order valence-corrected chi connectivity index (χ0v) is 9.87. The minimum atomic E-state index is -1.29. The molecule has 0 aliphatic carbocycles. The van der Waals surface area contributed by atoms with Gasteiger partial charge in [0.15, 0.2) is 0 Å².